The highest BCUT2D eigenvalue weighted by molar-refractivity contribution is 5.81. The van der Waals surface area contributed by atoms with E-state index in [4.69, 9.17) is 10.00 Å². The molecule has 0 aliphatic carbocycles. The first kappa shape index (κ1) is 18.1. The average Bonchev–Trinajstić information content (AvgIpc) is 2.68. The van der Waals surface area contributed by atoms with E-state index in [1.165, 1.54) is 4.90 Å². The highest BCUT2D eigenvalue weighted by Gasteiger charge is 2.20. The van der Waals surface area contributed by atoms with Gasteiger partial charge in [-0.15, -0.1) is 0 Å². The van der Waals surface area contributed by atoms with Crippen LogP contribution in [0, 0.1) is 11.3 Å². The lowest BCUT2D eigenvalue weighted by Crippen LogP contribution is -2.38. The van der Waals surface area contributed by atoms with Crippen LogP contribution in [0.2, 0.25) is 0 Å². The molecular formula is C20H18N4O3. The Morgan fingerprint density at radius 2 is 1.96 bits per heavy atom. The molecule has 2 aromatic carbocycles. The quantitative estimate of drug-likeness (QED) is 0.750. The number of nitrogens with one attached hydrogen (secondary N) is 1. The first-order valence-corrected chi connectivity index (χ1v) is 8.37. The number of ether oxygens (including phenoxy) is 1. The molecule has 1 amide bonds. The number of amides is 1. The van der Waals surface area contributed by atoms with Gasteiger partial charge in [0.15, 0.2) is 6.10 Å². The molecule has 0 aliphatic heterocycles. The van der Waals surface area contributed by atoms with Crippen molar-refractivity contribution in [3.8, 4) is 11.8 Å². The number of nitrogens with zero attached hydrogens (tertiary/aromatic N) is 3. The van der Waals surface area contributed by atoms with Crippen LogP contribution in [0.1, 0.15) is 18.3 Å². The molecule has 0 saturated heterocycles. The van der Waals surface area contributed by atoms with Gasteiger partial charge in [-0.05, 0) is 43.3 Å². The molecule has 0 fully saturated rings. The van der Waals surface area contributed by atoms with Crippen molar-refractivity contribution in [3.05, 3.63) is 70.3 Å². The molecule has 7 nitrogen and oxygen atoms in total. The van der Waals surface area contributed by atoms with Crippen molar-refractivity contribution >= 4 is 16.8 Å². The number of aromatic amines is 1. The maximum absolute atomic E-state index is 12.6. The molecule has 0 spiro atoms. The van der Waals surface area contributed by atoms with E-state index in [1.54, 1.807) is 62.5 Å². The Morgan fingerprint density at radius 1 is 1.26 bits per heavy atom. The van der Waals surface area contributed by atoms with Gasteiger partial charge in [0.1, 0.15) is 11.6 Å². The van der Waals surface area contributed by atoms with E-state index in [-0.39, 0.29) is 18.0 Å². The molecule has 0 radical (unpaired) electrons. The van der Waals surface area contributed by atoms with Crippen LogP contribution in [-0.4, -0.2) is 33.9 Å². The number of hydrogen-bond acceptors (Lipinski definition) is 5. The summed E-state index contributed by atoms with van der Waals surface area (Å²) >= 11 is 0. The Kier molecular flexibility index (Phi) is 5.18. The van der Waals surface area contributed by atoms with Crippen LogP contribution >= 0.6 is 0 Å². The Morgan fingerprint density at radius 3 is 2.67 bits per heavy atom. The van der Waals surface area contributed by atoms with Crippen LogP contribution < -0.4 is 10.3 Å². The maximum atomic E-state index is 12.6. The third-order valence-electron chi connectivity index (χ3n) is 4.07. The summed E-state index contributed by atoms with van der Waals surface area (Å²) in [4.78, 5) is 33.2. The number of benzene rings is 2. The molecule has 7 heteroatoms. The van der Waals surface area contributed by atoms with Crippen molar-refractivity contribution in [2.75, 3.05) is 7.05 Å². The molecule has 1 N–H and O–H groups in total. The minimum atomic E-state index is -0.727. The number of rotatable bonds is 5. The summed E-state index contributed by atoms with van der Waals surface area (Å²) in [5.74, 6) is 0.649. The molecule has 1 aromatic heterocycles. The number of hydrogen-bond donors (Lipinski definition) is 1. The number of likely N-dealkylation sites (N-methyl/N-ethyl adjacent to an activating group) is 1. The highest BCUT2D eigenvalue weighted by atomic mass is 16.5. The number of aromatic nitrogens is 2. The molecule has 27 heavy (non-hydrogen) atoms. The first-order valence-electron chi connectivity index (χ1n) is 8.37. The van der Waals surface area contributed by atoms with Gasteiger partial charge in [-0.3, -0.25) is 9.59 Å². The van der Waals surface area contributed by atoms with Gasteiger partial charge in [0.05, 0.1) is 29.1 Å². The van der Waals surface area contributed by atoms with Gasteiger partial charge >= 0.3 is 0 Å². The van der Waals surface area contributed by atoms with Gasteiger partial charge in [0, 0.05) is 7.05 Å². The number of para-hydroxylation sites is 1. The van der Waals surface area contributed by atoms with E-state index in [0.29, 0.717) is 28.0 Å². The average molecular weight is 362 g/mol. The van der Waals surface area contributed by atoms with E-state index in [9.17, 15) is 9.59 Å². The molecule has 136 valence electrons. The Bertz CT molecular complexity index is 1070. The predicted octanol–water partition coefficient (Wildman–Crippen LogP) is 2.22. The van der Waals surface area contributed by atoms with Gasteiger partial charge in [0.25, 0.3) is 11.5 Å². The van der Waals surface area contributed by atoms with Gasteiger partial charge in [0.2, 0.25) is 0 Å². The zero-order valence-corrected chi connectivity index (χ0v) is 15.0. The van der Waals surface area contributed by atoms with Crippen LogP contribution in [0.25, 0.3) is 10.9 Å². The summed E-state index contributed by atoms with van der Waals surface area (Å²) in [6, 6.07) is 15.6. The summed E-state index contributed by atoms with van der Waals surface area (Å²) in [6.45, 7) is 1.80. The van der Waals surface area contributed by atoms with E-state index >= 15 is 0 Å². The zero-order valence-electron chi connectivity index (χ0n) is 15.0. The summed E-state index contributed by atoms with van der Waals surface area (Å²) in [6.07, 6.45) is -0.727. The normalized spacial score (nSPS) is 11.6. The summed E-state index contributed by atoms with van der Waals surface area (Å²) in [7, 11) is 1.62. The highest BCUT2D eigenvalue weighted by Crippen LogP contribution is 2.14. The SMILES string of the molecule is C[C@H](Oc1ccc(C#N)cc1)C(=O)N(C)Cc1nc2ccccc2c(=O)[nH]1. The zero-order chi connectivity index (χ0) is 19.4. The minimum absolute atomic E-state index is 0.153. The number of fused-ring (bicyclic) bond motifs is 1. The fourth-order valence-electron chi connectivity index (χ4n) is 2.69. The van der Waals surface area contributed by atoms with Gasteiger partial charge in [-0.25, -0.2) is 4.98 Å². The van der Waals surface area contributed by atoms with Crippen LogP contribution in [0.4, 0.5) is 0 Å². The Hall–Kier alpha value is -3.66. The van der Waals surface area contributed by atoms with Crippen molar-refractivity contribution in [2.24, 2.45) is 0 Å². The predicted molar refractivity (Wildman–Crippen MR) is 100 cm³/mol. The van der Waals surface area contributed by atoms with Gasteiger partial charge in [-0.2, -0.15) is 5.26 Å². The van der Waals surface area contributed by atoms with E-state index in [0.717, 1.165) is 0 Å². The third-order valence-corrected chi connectivity index (χ3v) is 4.07. The molecule has 0 bridgehead atoms. The number of H-pyrrole nitrogens is 1. The summed E-state index contributed by atoms with van der Waals surface area (Å²) in [5.41, 5.74) is 0.863. The molecular weight excluding hydrogens is 344 g/mol. The lowest BCUT2D eigenvalue weighted by molar-refractivity contribution is -0.137. The lowest BCUT2D eigenvalue weighted by atomic mass is 10.2. The van der Waals surface area contributed by atoms with Crippen LogP contribution in [0.15, 0.2) is 53.3 Å². The summed E-state index contributed by atoms with van der Waals surface area (Å²) < 4.78 is 5.64. The Balaban J connectivity index is 1.69. The van der Waals surface area contributed by atoms with Crippen LogP contribution in [-0.2, 0) is 11.3 Å². The minimum Gasteiger partial charge on any atom is -0.481 e. The smallest absolute Gasteiger partial charge is 0.263 e. The van der Waals surface area contributed by atoms with Gasteiger partial charge < -0.3 is 14.6 Å². The number of nitriles is 1. The maximum Gasteiger partial charge on any atom is 0.263 e. The van der Waals surface area contributed by atoms with Crippen molar-refractivity contribution in [2.45, 2.75) is 19.6 Å². The number of carbonyl (C=O) groups is 1. The number of carbonyl (C=O) groups excluding carboxylic acids is 1. The second-order valence-electron chi connectivity index (χ2n) is 6.12. The topological polar surface area (TPSA) is 99.1 Å². The Labute approximate surface area is 155 Å². The van der Waals surface area contributed by atoms with Crippen LogP contribution in [0.3, 0.4) is 0 Å². The van der Waals surface area contributed by atoms with Crippen molar-refractivity contribution in [1.82, 2.24) is 14.9 Å². The van der Waals surface area contributed by atoms with Gasteiger partial charge in [-0.1, -0.05) is 12.1 Å². The van der Waals surface area contributed by atoms with E-state index in [1.807, 2.05) is 6.07 Å². The van der Waals surface area contributed by atoms with E-state index in [2.05, 4.69) is 9.97 Å². The lowest BCUT2D eigenvalue weighted by Gasteiger charge is -2.21. The fraction of sp³-hybridized carbons (Fsp3) is 0.200. The first-order chi connectivity index (χ1) is 13.0. The summed E-state index contributed by atoms with van der Waals surface area (Å²) in [5, 5.41) is 9.32. The van der Waals surface area contributed by atoms with E-state index < -0.39 is 6.10 Å². The second-order valence-corrected chi connectivity index (χ2v) is 6.12. The monoisotopic (exact) mass is 362 g/mol. The molecule has 1 atom stereocenters. The third kappa shape index (κ3) is 4.12. The molecule has 3 rings (SSSR count). The van der Waals surface area contributed by atoms with Crippen molar-refractivity contribution in [1.29, 1.82) is 5.26 Å². The molecule has 0 unspecified atom stereocenters. The molecule has 3 aromatic rings. The molecule has 0 saturated carbocycles. The standard InChI is InChI=1S/C20H18N4O3/c1-13(27-15-9-7-14(11-21)8-10-15)20(26)24(2)12-18-22-17-6-4-3-5-16(17)19(25)23-18/h3-10,13H,12H2,1-2H3,(H,22,23,25)/t13-/m0/s1. The van der Waals surface area contributed by atoms with Crippen molar-refractivity contribution < 1.29 is 9.53 Å². The van der Waals surface area contributed by atoms with Crippen LogP contribution in [0.5, 0.6) is 5.75 Å². The molecule has 1 heterocycles. The van der Waals surface area contributed by atoms with Crippen molar-refractivity contribution in [3.63, 3.8) is 0 Å². The fourth-order valence-corrected chi connectivity index (χ4v) is 2.69. The second kappa shape index (κ2) is 7.70. The largest absolute Gasteiger partial charge is 0.481 e. The molecule has 0 aliphatic rings.